The summed E-state index contributed by atoms with van der Waals surface area (Å²) >= 11 is 0. The Balaban J connectivity index is 1.98. The van der Waals surface area contributed by atoms with Gasteiger partial charge in [-0.15, -0.1) is 0 Å². The second-order valence-corrected chi connectivity index (χ2v) is 6.03. The van der Waals surface area contributed by atoms with Crippen LogP contribution in [-0.4, -0.2) is 40.8 Å². The highest BCUT2D eigenvalue weighted by Crippen LogP contribution is 2.37. The molecule has 0 saturated heterocycles. The third kappa shape index (κ3) is 2.93. The monoisotopic (exact) mass is 354 g/mol. The van der Waals surface area contributed by atoms with Crippen molar-refractivity contribution in [3.05, 3.63) is 58.1 Å². The van der Waals surface area contributed by atoms with E-state index in [1.807, 2.05) is 0 Å². The summed E-state index contributed by atoms with van der Waals surface area (Å²) in [5.74, 6) is -2.43. The van der Waals surface area contributed by atoms with Gasteiger partial charge < -0.3 is 21.3 Å². The third-order valence-corrected chi connectivity index (χ3v) is 4.28. The molecule has 3 rings (SSSR count). The molecule has 1 aliphatic rings. The van der Waals surface area contributed by atoms with Crippen LogP contribution < -0.4 is 11.1 Å². The fraction of sp³-hybridized carbons (Fsp3) is 0.211. The molecule has 0 radical (unpaired) electrons. The largest absolute Gasteiger partial charge is 0.507 e. The summed E-state index contributed by atoms with van der Waals surface area (Å²) in [4.78, 5) is 37.6. The number of nitrogens with one attached hydrogen (secondary N) is 1. The Kier molecular flexibility index (Phi) is 4.73. The van der Waals surface area contributed by atoms with Crippen LogP contribution in [0.4, 0.5) is 0 Å². The Morgan fingerprint density at radius 3 is 2.42 bits per heavy atom. The van der Waals surface area contributed by atoms with Crippen molar-refractivity contribution in [2.45, 2.75) is 12.8 Å². The van der Waals surface area contributed by atoms with Crippen molar-refractivity contribution >= 4 is 17.5 Å². The molecule has 0 heterocycles. The summed E-state index contributed by atoms with van der Waals surface area (Å²) in [6.07, 6.45) is 1.48. The minimum absolute atomic E-state index is 0.0439. The average molecular weight is 354 g/mol. The maximum atomic E-state index is 12.7. The van der Waals surface area contributed by atoms with Crippen LogP contribution in [0.25, 0.3) is 0 Å². The van der Waals surface area contributed by atoms with E-state index in [9.17, 15) is 24.6 Å². The first kappa shape index (κ1) is 17.6. The Morgan fingerprint density at radius 2 is 1.69 bits per heavy atom. The first-order valence-corrected chi connectivity index (χ1v) is 8.22. The van der Waals surface area contributed by atoms with E-state index in [1.54, 1.807) is 0 Å². The molecule has 5 N–H and O–H groups in total. The average Bonchev–Trinajstić information content (AvgIpc) is 2.62. The molecule has 0 aromatic heterocycles. The topological polar surface area (TPSA) is 130 Å². The van der Waals surface area contributed by atoms with Crippen molar-refractivity contribution in [3.63, 3.8) is 0 Å². The number of rotatable bonds is 5. The zero-order chi connectivity index (χ0) is 18.8. The second-order valence-electron chi connectivity index (χ2n) is 6.03. The van der Waals surface area contributed by atoms with Gasteiger partial charge in [0, 0.05) is 23.2 Å². The highest BCUT2D eigenvalue weighted by Gasteiger charge is 2.34. The number of carbonyl (C=O) groups is 3. The number of unbranched alkanes of at least 4 members (excludes halogenated alkanes) is 1. The molecule has 7 nitrogen and oxygen atoms in total. The molecule has 0 unspecified atom stereocenters. The lowest BCUT2D eigenvalue weighted by molar-refractivity contribution is 0.0949. The lowest BCUT2D eigenvalue weighted by atomic mass is 9.82. The lowest BCUT2D eigenvalue weighted by Crippen LogP contribution is -2.27. The Labute approximate surface area is 149 Å². The van der Waals surface area contributed by atoms with E-state index in [0.717, 1.165) is 12.5 Å². The van der Waals surface area contributed by atoms with Crippen LogP contribution in [0, 0.1) is 0 Å². The third-order valence-electron chi connectivity index (χ3n) is 4.28. The predicted molar refractivity (Wildman–Crippen MR) is 93.7 cm³/mol. The zero-order valence-corrected chi connectivity index (χ0v) is 13.9. The van der Waals surface area contributed by atoms with Gasteiger partial charge in [0.1, 0.15) is 11.5 Å². The van der Waals surface area contributed by atoms with Gasteiger partial charge in [0.05, 0.1) is 11.1 Å². The molecule has 0 bridgehead atoms. The number of aromatic hydroxyl groups is 2. The van der Waals surface area contributed by atoms with Gasteiger partial charge in [0.2, 0.25) is 5.78 Å². The first-order valence-electron chi connectivity index (χ1n) is 8.22. The van der Waals surface area contributed by atoms with Crippen LogP contribution in [0.1, 0.15) is 55.0 Å². The number of amides is 1. The van der Waals surface area contributed by atoms with Crippen molar-refractivity contribution in [3.8, 4) is 11.5 Å². The van der Waals surface area contributed by atoms with Gasteiger partial charge in [0.25, 0.3) is 5.91 Å². The van der Waals surface area contributed by atoms with Crippen molar-refractivity contribution in [2.24, 2.45) is 5.73 Å². The second kappa shape index (κ2) is 6.97. The van der Waals surface area contributed by atoms with E-state index in [-0.39, 0.29) is 33.6 Å². The standard InChI is InChI=1S/C19H18N2O5/c20-6-1-2-7-21-19(26)10-8-12-16(14(23)9-10)18(25)15-11(17(12)24)4-3-5-13(15)22/h3-5,8-9,22-23H,1-2,6-7,20H2,(H,21,26). The SMILES string of the molecule is NCCCCNC(=O)c1cc(O)c2c(c1)C(=O)c1cccc(O)c1C2=O. The van der Waals surface area contributed by atoms with Crippen molar-refractivity contribution in [1.29, 1.82) is 0 Å². The molecule has 0 atom stereocenters. The van der Waals surface area contributed by atoms with Crippen LogP contribution in [0.15, 0.2) is 30.3 Å². The maximum absolute atomic E-state index is 12.7. The van der Waals surface area contributed by atoms with Crippen molar-refractivity contribution in [1.82, 2.24) is 5.32 Å². The molecule has 2 aromatic carbocycles. The molecule has 134 valence electrons. The van der Waals surface area contributed by atoms with Crippen LogP contribution in [0.3, 0.4) is 0 Å². The summed E-state index contributed by atoms with van der Waals surface area (Å²) in [6, 6.07) is 6.62. The van der Waals surface area contributed by atoms with Crippen LogP contribution in [-0.2, 0) is 0 Å². The van der Waals surface area contributed by atoms with E-state index >= 15 is 0 Å². The van der Waals surface area contributed by atoms with Gasteiger partial charge in [-0.05, 0) is 37.6 Å². The lowest BCUT2D eigenvalue weighted by Gasteiger charge is -2.20. The molecule has 1 amide bonds. The van der Waals surface area contributed by atoms with E-state index < -0.39 is 23.2 Å². The number of hydrogen-bond acceptors (Lipinski definition) is 6. The summed E-state index contributed by atoms with van der Waals surface area (Å²) in [5, 5.41) is 22.8. The van der Waals surface area contributed by atoms with Gasteiger partial charge >= 0.3 is 0 Å². The van der Waals surface area contributed by atoms with E-state index in [0.29, 0.717) is 19.5 Å². The normalized spacial score (nSPS) is 12.5. The summed E-state index contributed by atoms with van der Waals surface area (Å²) in [6.45, 7) is 0.940. The fourth-order valence-corrected chi connectivity index (χ4v) is 2.99. The number of benzene rings is 2. The quantitative estimate of drug-likeness (QED) is 0.512. The van der Waals surface area contributed by atoms with Crippen molar-refractivity contribution < 1.29 is 24.6 Å². The zero-order valence-electron chi connectivity index (χ0n) is 13.9. The molecule has 0 saturated carbocycles. The molecule has 0 aliphatic heterocycles. The van der Waals surface area contributed by atoms with Gasteiger partial charge in [-0.3, -0.25) is 14.4 Å². The molecule has 26 heavy (non-hydrogen) atoms. The molecule has 2 aromatic rings. The maximum Gasteiger partial charge on any atom is 0.251 e. The van der Waals surface area contributed by atoms with Gasteiger partial charge in [0.15, 0.2) is 5.78 Å². The number of fused-ring (bicyclic) bond motifs is 2. The summed E-state index contributed by atoms with van der Waals surface area (Å²) < 4.78 is 0. The number of nitrogens with two attached hydrogens (primary N) is 1. The van der Waals surface area contributed by atoms with Crippen molar-refractivity contribution in [2.75, 3.05) is 13.1 Å². The Bertz CT molecular complexity index is 920. The molecule has 0 spiro atoms. The smallest absolute Gasteiger partial charge is 0.251 e. The van der Waals surface area contributed by atoms with E-state index in [2.05, 4.69) is 5.32 Å². The van der Waals surface area contributed by atoms with Crippen LogP contribution in [0.2, 0.25) is 0 Å². The van der Waals surface area contributed by atoms with Gasteiger partial charge in [-0.2, -0.15) is 0 Å². The van der Waals surface area contributed by atoms with Gasteiger partial charge in [-0.25, -0.2) is 0 Å². The first-order chi connectivity index (χ1) is 12.5. The molecule has 1 aliphatic carbocycles. The number of ketones is 2. The molecule has 7 heteroatoms. The van der Waals surface area contributed by atoms with E-state index in [4.69, 9.17) is 5.73 Å². The Hall–Kier alpha value is -3.19. The summed E-state index contributed by atoms with van der Waals surface area (Å²) in [7, 11) is 0. The number of phenols is 2. The molecular formula is C19H18N2O5. The van der Waals surface area contributed by atoms with Crippen LogP contribution >= 0.6 is 0 Å². The highest BCUT2D eigenvalue weighted by molar-refractivity contribution is 6.30. The number of phenolic OH excluding ortho intramolecular Hbond substituents is 2. The minimum Gasteiger partial charge on any atom is -0.507 e. The molecular weight excluding hydrogens is 336 g/mol. The predicted octanol–water partition coefficient (Wildman–Crippen LogP) is 1.34. The number of carbonyl (C=O) groups excluding carboxylic acids is 3. The number of hydrogen-bond donors (Lipinski definition) is 4. The molecule has 0 fully saturated rings. The van der Waals surface area contributed by atoms with E-state index in [1.165, 1.54) is 24.3 Å². The summed E-state index contributed by atoms with van der Waals surface area (Å²) in [5.41, 5.74) is 5.12. The fourth-order valence-electron chi connectivity index (χ4n) is 2.99. The Morgan fingerprint density at radius 1 is 0.962 bits per heavy atom. The minimum atomic E-state index is -0.653. The highest BCUT2D eigenvalue weighted by atomic mass is 16.3. The van der Waals surface area contributed by atoms with Crippen LogP contribution in [0.5, 0.6) is 11.5 Å². The van der Waals surface area contributed by atoms with Gasteiger partial charge in [-0.1, -0.05) is 12.1 Å².